The number of sulfonamides is 1. The maximum atomic E-state index is 13.7. The van der Waals surface area contributed by atoms with Crippen molar-refractivity contribution >= 4 is 20.9 Å². The second-order valence-corrected chi connectivity index (χ2v) is 7.76. The molecule has 0 atom stereocenters. The summed E-state index contributed by atoms with van der Waals surface area (Å²) in [6.07, 6.45) is 0. The maximum Gasteiger partial charge on any atom is 0.215 e. The van der Waals surface area contributed by atoms with Gasteiger partial charge in [-0.15, -0.1) is 0 Å². The molecular formula is C18H20FN3O2S. The summed E-state index contributed by atoms with van der Waals surface area (Å²) in [6, 6.07) is 14.1. The molecule has 0 aliphatic carbocycles. The third-order valence-electron chi connectivity index (χ3n) is 4.07. The average molecular weight is 361 g/mol. The Bertz CT molecular complexity index is 983. The van der Waals surface area contributed by atoms with Crippen molar-refractivity contribution < 1.29 is 12.8 Å². The molecule has 0 aliphatic heterocycles. The van der Waals surface area contributed by atoms with Crippen LogP contribution in [0.1, 0.15) is 16.8 Å². The van der Waals surface area contributed by atoms with Crippen LogP contribution < -0.4 is 10.0 Å². The van der Waals surface area contributed by atoms with E-state index in [1.54, 1.807) is 12.1 Å². The SMILES string of the molecule is CNS(=O)(=O)Cc1ccccc1CNCc1cc2c(F)cccc2[nH]1. The van der Waals surface area contributed by atoms with Crippen LogP contribution in [0.3, 0.4) is 0 Å². The second kappa shape index (κ2) is 7.35. The molecule has 0 bridgehead atoms. The summed E-state index contributed by atoms with van der Waals surface area (Å²) in [4.78, 5) is 3.18. The van der Waals surface area contributed by atoms with Crippen molar-refractivity contribution in [3.05, 3.63) is 71.2 Å². The summed E-state index contributed by atoms with van der Waals surface area (Å²) in [5.41, 5.74) is 3.31. The highest BCUT2D eigenvalue weighted by Crippen LogP contribution is 2.19. The summed E-state index contributed by atoms with van der Waals surface area (Å²) in [7, 11) is -1.91. The van der Waals surface area contributed by atoms with E-state index in [2.05, 4.69) is 15.0 Å². The Balaban J connectivity index is 1.68. The Morgan fingerprint density at radius 2 is 1.80 bits per heavy atom. The number of fused-ring (bicyclic) bond motifs is 1. The first kappa shape index (κ1) is 17.6. The fraction of sp³-hybridized carbons (Fsp3) is 0.222. The number of halogens is 1. The number of nitrogens with one attached hydrogen (secondary N) is 3. The van der Waals surface area contributed by atoms with E-state index in [0.29, 0.717) is 18.5 Å². The Labute approximate surface area is 146 Å². The lowest BCUT2D eigenvalue weighted by molar-refractivity contribution is 0.586. The minimum absolute atomic E-state index is 0.0566. The first-order valence-electron chi connectivity index (χ1n) is 7.93. The van der Waals surface area contributed by atoms with Gasteiger partial charge in [-0.05, 0) is 36.4 Å². The largest absolute Gasteiger partial charge is 0.357 e. The third-order valence-corrected chi connectivity index (χ3v) is 5.39. The van der Waals surface area contributed by atoms with E-state index >= 15 is 0 Å². The van der Waals surface area contributed by atoms with Crippen LogP contribution in [0.4, 0.5) is 4.39 Å². The molecule has 7 heteroatoms. The van der Waals surface area contributed by atoms with Gasteiger partial charge in [-0.1, -0.05) is 30.3 Å². The summed E-state index contributed by atoms with van der Waals surface area (Å²) in [5, 5.41) is 3.84. The van der Waals surface area contributed by atoms with Crippen molar-refractivity contribution in [2.24, 2.45) is 0 Å². The van der Waals surface area contributed by atoms with E-state index in [1.807, 2.05) is 30.3 Å². The van der Waals surface area contributed by atoms with Crippen LogP contribution in [-0.2, 0) is 28.9 Å². The zero-order chi connectivity index (χ0) is 17.9. The predicted molar refractivity (Wildman–Crippen MR) is 96.9 cm³/mol. The number of aromatic nitrogens is 1. The Hall–Kier alpha value is -2.22. The highest BCUT2D eigenvalue weighted by atomic mass is 32.2. The zero-order valence-electron chi connectivity index (χ0n) is 13.8. The first-order valence-corrected chi connectivity index (χ1v) is 9.58. The number of aromatic amines is 1. The number of H-pyrrole nitrogens is 1. The topological polar surface area (TPSA) is 74.0 Å². The normalized spacial score (nSPS) is 11.9. The Morgan fingerprint density at radius 1 is 1.04 bits per heavy atom. The highest BCUT2D eigenvalue weighted by Gasteiger charge is 2.12. The molecule has 0 amide bonds. The molecule has 3 aromatic rings. The molecule has 0 aliphatic rings. The van der Waals surface area contributed by atoms with Gasteiger partial charge in [-0.3, -0.25) is 0 Å². The van der Waals surface area contributed by atoms with E-state index < -0.39 is 10.0 Å². The smallest absolute Gasteiger partial charge is 0.215 e. The summed E-state index contributed by atoms with van der Waals surface area (Å²) < 4.78 is 39.6. The quantitative estimate of drug-likeness (QED) is 0.606. The first-order chi connectivity index (χ1) is 12.0. The molecule has 3 rings (SSSR count). The Morgan fingerprint density at radius 3 is 2.52 bits per heavy atom. The van der Waals surface area contributed by atoms with E-state index in [-0.39, 0.29) is 11.6 Å². The summed E-state index contributed by atoms with van der Waals surface area (Å²) in [6.45, 7) is 1.05. The van der Waals surface area contributed by atoms with Gasteiger partial charge >= 0.3 is 0 Å². The number of benzene rings is 2. The fourth-order valence-electron chi connectivity index (χ4n) is 2.75. The lowest BCUT2D eigenvalue weighted by atomic mass is 10.1. The van der Waals surface area contributed by atoms with Crippen molar-refractivity contribution in [3.8, 4) is 0 Å². The summed E-state index contributed by atoms with van der Waals surface area (Å²) >= 11 is 0. The van der Waals surface area contributed by atoms with Crippen molar-refractivity contribution in [3.63, 3.8) is 0 Å². The van der Waals surface area contributed by atoms with E-state index in [0.717, 1.165) is 22.3 Å². The number of hydrogen-bond donors (Lipinski definition) is 3. The van der Waals surface area contributed by atoms with Crippen molar-refractivity contribution in [1.29, 1.82) is 0 Å². The van der Waals surface area contributed by atoms with Gasteiger partial charge in [-0.2, -0.15) is 0 Å². The van der Waals surface area contributed by atoms with Gasteiger partial charge in [0.05, 0.1) is 5.75 Å². The molecule has 3 N–H and O–H groups in total. The van der Waals surface area contributed by atoms with Crippen LogP contribution in [0, 0.1) is 5.82 Å². The minimum atomic E-state index is -3.32. The number of rotatable bonds is 7. The number of hydrogen-bond acceptors (Lipinski definition) is 3. The van der Waals surface area contributed by atoms with Crippen molar-refractivity contribution in [1.82, 2.24) is 15.0 Å². The molecule has 25 heavy (non-hydrogen) atoms. The predicted octanol–water partition coefficient (Wildman–Crippen LogP) is 2.65. The molecule has 0 unspecified atom stereocenters. The summed E-state index contributed by atoms with van der Waals surface area (Å²) in [5.74, 6) is -0.304. The molecule has 0 radical (unpaired) electrons. The zero-order valence-corrected chi connectivity index (χ0v) is 14.7. The molecule has 5 nitrogen and oxygen atoms in total. The van der Waals surface area contributed by atoms with Crippen LogP contribution in [0.5, 0.6) is 0 Å². The van der Waals surface area contributed by atoms with Crippen LogP contribution in [0.15, 0.2) is 48.5 Å². The molecule has 0 saturated heterocycles. The van der Waals surface area contributed by atoms with Crippen molar-refractivity contribution in [2.45, 2.75) is 18.8 Å². The average Bonchev–Trinajstić information content (AvgIpc) is 3.01. The minimum Gasteiger partial charge on any atom is -0.357 e. The lowest BCUT2D eigenvalue weighted by Gasteiger charge is -2.10. The van der Waals surface area contributed by atoms with Gasteiger partial charge in [-0.25, -0.2) is 17.5 Å². The fourth-order valence-corrected chi connectivity index (χ4v) is 3.59. The van der Waals surface area contributed by atoms with Crippen LogP contribution in [-0.4, -0.2) is 20.4 Å². The molecule has 1 aromatic heterocycles. The maximum absolute atomic E-state index is 13.7. The molecule has 0 fully saturated rings. The van der Waals surface area contributed by atoms with Gasteiger partial charge in [0.15, 0.2) is 0 Å². The van der Waals surface area contributed by atoms with Gasteiger partial charge in [0.1, 0.15) is 5.82 Å². The van der Waals surface area contributed by atoms with E-state index in [1.165, 1.54) is 13.1 Å². The van der Waals surface area contributed by atoms with Gasteiger partial charge in [0, 0.05) is 29.7 Å². The van der Waals surface area contributed by atoms with Crippen LogP contribution in [0.2, 0.25) is 0 Å². The van der Waals surface area contributed by atoms with Gasteiger partial charge < -0.3 is 10.3 Å². The highest BCUT2D eigenvalue weighted by molar-refractivity contribution is 7.88. The van der Waals surface area contributed by atoms with Gasteiger partial charge in [0.25, 0.3) is 0 Å². The molecule has 2 aromatic carbocycles. The molecular weight excluding hydrogens is 341 g/mol. The standard InChI is InChI=1S/C18H20FN3O2S/c1-20-25(23,24)12-14-6-3-2-5-13(14)10-21-11-15-9-16-17(19)7-4-8-18(16)22-15/h2-9,20-22H,10-12H2,1H3. The Kier molecular flexibility index (Phi) is 5.17. The lowest BCUT2D eigenvalue weighted by Crippen LogP contribution is -2.22. The monoisotopic (exact) mass is 361 g/mol. The molecule has 0 spiro atoms. The van der Waals surface area contributed by atoms with Crippen LogP contribution in [0.25, 0.3) is 10.9 Å². The van der Waals surface area contributed by atoms with Crippen molar-refractivity contribution in [2.75, 3.05) is 7.05 Å². The van der Waals surface area contributed by atoms with E-state index in [4.69, 9.17) is 0 Å². The molecule has 132 valence electrons. The second-order valence-electron chi connectivity index (χ2n) is 5.83. The van der Waals surface area contributed by atoms with Gasteiger partial charge in [0.2, 0.25) is 10.0 Å². The van der Waals surface area contributed by atoms with E-state index in [9.17, 15) is 12.8 Å². The third kappa shape index (κ3) is 4.25. The van der Waals surface area contributed by atoms with Crippen LogP contribution >= 0.6 is 0 Å². The molecule has 1 heterocycles. The molecule has 0 saturated carbocycles.